The Balaban J connectivity index is 0.890. The zero-order chi connectivity index (χ0) is 36.9. The summed E-state index contributed by atoms with van der Waals surface area (Å²) in [6, 6.07) is 36.2. The molecule has 4 aromatic rings. The second-order valence-corrected chi connectivity index (χ2v) is 22.0. The number of rotatable bonds is 20. The first-order chi connectivity index (χ1) is 25.9. The summed E-state index contributed by atoms with van der Waals surface area (Å²) >= 11 is 0. The van der Waals surface area contributed by atoms with Gasteiger partial charge in [-0.15, -0.1) is 0 Å². The van der Waals surface area contributed by atoms with Gasteiger partial charge in [-0.3, -0.25) is 0 Å². The lowest BCUT2D eigenvalue weighted by atomic mass is 9.88. The van der Waals surface area contributed by atoms with E-state index in [-0.39, 0.29) is 0 Å². The molecule has 0 heterocycles. The van der Waals surface area contributed by atoms with E-state index < -0.39 is 17.1 Å². The zero-order valence-corrected chi connectivity index (χ0v) is 34.3. The predicted octanol–water partition coefficient (Wildman–Crippen LogP) is 11.9. The van der Waals surface area contributed by atoms with Crippen LogP contribution in [0.4, 0.5) is 0 Å². The highest BCUT2D eigenvalue weighted by Crippen LogP contribution is 2.37. The summed E-state index contributed by atoms with van der Waals surface area (Å²) in [5.41, 5.74) is 10.7. The summed E-state index contributed by atoms with van der Waals surface area (Å²) < 4.78 is 31.7. The van der Waals surface area contributed by atoms with Gasteiger partial charge in [0.25, 0.3) is 0 Å². The van der Waals surface area contributed by atoms with E-state index in [1.165, 1.54) is 44.5 Å². The topological polar surface area (TPSA) is 46.2 Å². The third-order valence-electron chi connectivity index (χ3n) is 10.9. The van der Waals surface area contributed by atoms with Crippen LogP contribution in [0.1, 0.15) is 84.7 Å². The Bertz CT molecular complexity index is 1690. The van der Waals surface area contributed by atoms with Crippen LogP contribution in [-0.2, 0) is 25.8 Å². The van der Waals surface area contributed by atoms with Crippen LogP contribution in [-0.4, -0.2) is 44.6 Å². The fourth-order valence-corrected chi connectivity index (χ4v) is 15.0. The first-order valence-electron chi connectivity index (χ1n) is 19.7. The maximum absolute atomic E-state index is 6.84. The smallest absolute Gasteiger partial charge is 0.325 e. The number of unbranched alkanes of at least 4 members (excludes halogenated alkanes) is 4. The molecule has 5 nitrogen and oxygen atoms in total. The van der Waals surface area contributed by atoms with Gasteiger partial charge in [0, 0.05) is 25.3 Å². The van der Waals surface area contributed by atoms with Crippen molar-refractivity contribution in [2.75, 3.05) is 27.4 Å². The lowest BCUT2D eigenvalue weighted by Crippen LogP contribution is -2.51. The Hall–Kier alpha value is -3.73. The molecular weight excluding hydrogens is 689 g/mol. The van der Waals surface area contributed by atoms with Crippen molar-refractivity contribution in [3.8, 4) is 11.5 Å². The Morgan fingerprint density at radius 2 is 0.906 bits per heavy atom. The number of benzene rings is 4. The molecule has 0 saturated heterocycles. The van der Waals surface area contributed by atoms with E-state index in [1.54, 1.807) is 0 Å². The third-order valence-corrected chi connectivity index (χ3v) is 18.6. The average molecular weight is 747 g/mol. The third kappa shape index (κ3) is 10.7. The molecule has 2 aliphatic rings. The first kappa shape index (κ1) is 39.0. The van der Waals surface area contributed by atoms with Gasteiger partial charge in [-0.1, -0.05) is 123 Å². The van der Waals surface area contributed by atoms with Crippen LogP contribution in [0, 0.1) is 0 Å². The highest BCUT2D eigenvalue weighted by atomic mass is 28.5. The van der Waals surface area contributed by atoms with E-state index in [2.05, 4.69) is 122 Å². The summed E-state index contributed by atoms with van der Waals surface area (Å²) in [5.74, 6) is 2.07. The van der Waals surface area contributed by atoms with E-state index in [9.17, 15) is 0 Å². The second-order valence-electron chi connectivity index (χ2n) is 14.8. The summed E-state index contributed by atoms with van der Waals surface area (Å²) in [6.45, 7) is 5.86. The fraction of sp³-hybridized carbons (Fsp3) is 0.391. The molecule has 0 bridgehead atoms. The van der Waals surface area contributed by atoms with Crippen molar-refractivity contribution in [2.24, 2.45) is 0 Å². The van der Waals surface area contributed by atoms with Crippen molar-refractivity contribution in [1.29, 1.82) is 0 Å². The number of ether oxygens (including phenoxy) is 2. The number of fused-ring (bicyclic) bond motifs is 2. The maximum atomic E-state index is 6.84. The molecule has 2 atom stereocenters. The highest BCUT2D eigenvalue weighted by molar-refractivity contribution is 6.80. The molecule has 0 saturated carbocycles. The predicted molar refractivity (Wildman–Crippen MR) is 225 cm³/mol. The van der Waals surface area contributed by atoms with E-state index in [0.29, 0.717) is 0 Å². The SMILES string of the molecule is CO[Si](C)(CCCCCOc1cccc2c1CCC(c1ccccc1)=C2)O[Si](C)(CCCCCOc1cccc2c1CCC(c1ccccc1)=C2)OC. The highest BCUT2D eigenvalue weighted by Gasteiger charge is 2.41. The van der Waals surface area contributed by atoms with Crippen LogP contribution in [0.3, 0.4) is 0 Å². The Labute approximate surface area is 320 Å². The van der Waals surface area contributed by atoms with Crippen LogP contribution in [0.15, 0.2) is 97.1 Å². The van der Waals surface area contributed by atoms with E-state index in [0.717, 1.165) is 101 Å². The molecule has 0 amide bonds. The lowest BCUT2D eigenvalue weighted by molar-refractivity contribution is 0.236. The second kappa shape index (κ2) is 19.0. The minimum absolute atomic E-state index is 0.727. The van der Waals surface area contributed by atoms with Gasteiger partial charge in [0.05, 0.1) is 13.2 Å². The molecule has 4 aromatic carbocycles. The Morgan fingerprint density at radius 3 is 1.32 bits per heavy atom. The summed E-state index contributed by atoms with van der Waals surface area (Å²) in [7, 11) is -1.09. The summed E-state index contributed by atoms with van der Waals surface area (Å²) in [6.07, 6.45) is 15.1. The fourth-order valence-electron chi connectivity index (χ4n) is 7.70. The standard InChI is InChI=1S/C46H58O5Si2/c1-47-52(3,33-15-7-13-31-49-45-25-17-23-41-35-39(27-29-43(41)45)37-19-9-5-10-20-37)51-53(4,48-2)34-16-8-14-32-50-46-26-18-24-42-36-40(28-30-44(42)46)38-21-11-6-12-22-38/h5-6,9-12,17-26,35-36H,7-8,13-16,27-34H2,1-4H3. The van der Waals surface area contributed by atoms with Crippen molar-refractivity contribution in [3.05, 3.63) is 130 Å². The van der Waals surface area contributed by atoms with Gasteiger partial charge in [0.2, 0.25) is 0 Å². The quantitative estimate of drug-likeness (QED) is 0.0666. The van der Waals surface area contributed by atoms with Gasteiger partial charge in [0.15, 0.2) is 0 Å². The molecule has 0 aliphatic heterocycles. The molecule has 0 spiro atoms. The van der Waals surface area contributed by atoms with Crippen molar-refractivity contribution in [3.63, 3.8) is 0 Å². The number of hydrogen-bond donors (Lipinski definition) is 0. The largest absolute Gasteiger partial charge is 0.493 e. The van der Waals surface area contributed by atoms with Gasteiger partial charge in [-0.25, -0.2) is 0 Å². The normalized spacial score (nSPS) is 16.0. The van der Waals surface area contributed by atoms with Gasteiger partial charge >= 0.3 is 17.1 Å². The minimum atomic E-state index is -2.36. The zero-order valence-electron chi connectivity index (χ0n) is 32.3. The summed E-state index contributed by atoms with van der Waals surface area (Å²) in [4.78, 5) is 0. The molecule has 6 rings (SSSR count). The van der Waals surface area contributed by atoms with E-state index in [1.807, 2.05) is 14.2 Å². The lowest BCUT2D eigenvalue weighted by Gasteiger charge is -2.35. The molecule has 53 heavy (non-hydrogen) atoms. The van der Waals surface area contributed by atoms with Crippen LogP contribution in [0.5, 0.6) is 11.5 Å². The van der Waals surface area contributed by atoms with Crippen molar-refractivity contribution in [1.82, 2.24) is 0 Å². The minimum Gasteiger partial charge on any atom is -0.493 e. The van der Waals surface area contributed by atoms with Crippen molar-refractivity contribution < 1.29 is 22.4 Å². The molecule has 0 aromatic heterocycles. The molecule has 0 fully saturated rings. The average Bonchev–Trinajstić information content (AvgIpc) is 3.20. The molecule has 2 aliphatic carbocycles. The first-order valence-corrected chi connectivity index (χ1v) is 24.8. The van der Waals surface area contributed by atoms with Crippen LogP contribution in [0.2, 0.25) is 25.2 Å². The molecule has 0 radical (unpaired) electrons. The van der Waals surface area contributed by atoms with Gasteiger partial charge < -0.3 is 22.4 Å². The summed E-state index contributed by atoms with van der Waals surface area (Å²) in [5, 5.41) is 0. The Morgan fingerprint density at radius 1 is 0.472 bits per heavy atom. The van der Waals surface area contributed by atoms with Crippen LogP contribution >= 0.6 is 0 Å². The van der Waals surface area contributed by atoms with Crippen molar-refractivity contribution in [2.45, 2.75) is 89.4 Å². The van der Waals surface area contributed by atoms with Crippen LogP contribution < -0.4 is 9.47 Å². The number of hydrogen-bond acceptors (Lipinski definition) is 5. The molecular formula is C46H58O5Si2. The monoisotopic (exact) mass is 746 g/mol. The van der Waals surface area contributed by atoms with Gasteiger partial charge in [0.1, 0.15) is 11.5 Å². The van der Waals surface area contributed by atoms with Gasteiger partial charge in [-0.2, -0.15) is 0 Å². The Kier molecular flexibility index (Phi) is 14.0. The molecule has 2 unspecified atom stereocenters. The molecule has 0 N–H and O–H groups in total. The van der Waals surface area contributed by atoms with E-state index >= 15 is 0 Å². The molecule has 7 heteroatoms. The molecule has 280 valence electrons. The van der Waals surface area contributed by atoms with Crippen molar-refractivity contribution >= 4 is 40.4 Å². The van der Waals surface area contributed by atoms with Gasteiger partial charge in [-0.05, 0) is 109 Å². The van der Waals surface area contributed by atoms with E-state index in [4.69, 9.17) is 22.4 Å². The number of allylic oxidation sites excluding steroid dienone is 2. The van der Waals surface area contributed by atoms with Crippen LogP contribution in [0.25, 0.3) is 23.3 Å². The maximum Gasteiger partial charge on any atom is 0.325 e.